The molecule has 3 heteroatoms. The first kappa shape index (κ1) is 11.5. The Bertz CT molecular complexity index is 523. The number of hydrogen-bond donors (Lipinski definition) is 1. The van der Waals surface area contributed by atoms with Crippen LogP contribution in [0.3, 0.4) is 0 Å². The summed E-state index contributed by atoms with van der Waals surface area (Å²) in [6, 6.07) is 7.72. The Balaban J connectivity index is 2.08. The molecule has 1 aliphatic heterocycles. The topological polar surface area (TPSA) is 46.2 Å². The van der Waals surface area contributed by atoms with E-state index in [-0.39, 0.29) is 17.6 Å². The fourth-order valence-corrected chi connectivity index (χ4v) is 3.36. The Morgan fingerprint density at radius 3 is 2.78 bits per heavy atom. The minimum atomic E-state index is -0.673. The standard InChI is InChI=1S/C15H17NO2/c1-15(11-7-3-5-9-13(11)17)10-6-2-4-8-12(10)16-14(15)18/h2,4,6,8,11H,3,5,7,9H2,1H3,(H,16,18)/t11-,15?/m0/s1. The Morgan fingerprint density at radius 1 is 1.22 bits per heavy atom. The van der Waals surface area contributed by atoms with Crippen molar-refractivity contribution in [2.45, 2.75) is 38.0 Å². The van der Waals surface area contributed by atoms with E-state index in [0.29, 0.717) is 6.42 Å². The quantitative estimate of drug-likeness (QED) is 0.824. The molecule has 1 N–H and O–H groups in total. The molecule has 0 saturated heterocycles. The van der Waals surface area contributed by atoms with Gasteiger partial charge in [-0.3, -0.25) is 9.59 Å². The van der Waals surface area contributed by atoms with Crippen LogP contribution in [-0.2, 0) is 15.0 Å². The molecule has 1 unspecified atom stereocenters. The normalized spacial score (nSPS) is 31.1. The second-order valence-corrected chi connectivity index (χ2v) is 5.47. The largest absolute Gasteiger partial charge is 0.325 e. The van der Waals surface area contributed by atoms with Crippen LogP contribution in [0.1, 0.15) is 38.2 Å². The summed E-state index contributed by atoms with van der Waals surface area (Å²) in [6.45, 7) is 1.92. The Morgan fingerprint density at radius 2 is 2.00 bits per heavy atom. The minimum absolute atomic E-state index is 0.0241. The van der Waals surface area contributed by atoms with Crippen molar-refractivity contribution >= 4 is 17.4 Å². The number of para-hydroxylation sites is 1. The van der Waals surface area contributed by atoms with Crippen LogP contribution in [0.15, 0.2) is 24.3 Å². The Labute approximate surface area is 107 Å². The van der Waals surface area contributed by atoms with E-state index in [1.165, 1.54) is 0 Å². The van der Waals surface area contributed by atoms with Crippen molar-refractivity contribution in [2.75, 3.05) is 5.32 Å². The molecule has 0 aromatic heterocycles. The van der Waals surface area contributed by atoms with Crippen molar-refractivity contribution in [3.63, 3.8) is 0 Å². The zero-order valence-electron chi connectivity index (χ0n) is 10.5. The first-order chi connectivity index (χ1) is 8.64. The monoisotopic (exact) mass is 243 g/mol. The molecule has 1 aromatic carbocycles. The molecule has 18 heavy (non-hydrogen) atoms. The van der Waals surface area contributed by atoms with Gasteiger partial charge in [-0.25, -0.2) is 0 Å². The van der Waals surface area contributed by atoms with Crippen LogP contribution < -0.4 is 5.32 Å². The van der Waals surface area contributed by atoms with Crippen LogP contribution in [0.5, 0.6) is 0 Å². The molecule has 1 aromatic rings. The molecule has 1 saturated carbocycles. The number of nitrogens with one attached hydrogen (secondary N) is 1. The maximum absolute atomic E-state index is 12.3. The predicted molar refractivity (Wildman–Crippen MR) is 69.4 cm³/mol. The van der Waals surface area contributed by atoms with E-state index < -0.39 is 5.41 Å². The van der Waals surface area contributed by atoms with Crippen molar-refractivity contribution in [1.29, 1.82) is 0 Å². The number of ketones is 1. The molecule has 3 nitrogen and oxygen atoms in total. The van der Waals surface area contributed by atoms with Crippen molar-refractivity contribution in [3.05, 3.63) is 29.8 Å². The van der Waals surface area contributed by atoms with Gasteiger partial charge in [-0.05, 0) is 31.4 Å². The molecule has 94 valence electrons. The second kappa shape index (κ2) is 3.94. The first-order valence-electron chi connectivity index (χ1n) is 6.57. The van der Waals surface area contributed by atoms with Crippen LogP contribution in [0, 0.1) is 5.92 Å². The van der Waals surface area contributed by atoms with Crippen molar-refractivity contribution in [2.24, 2.45) is 5.92 Å². The fourth-order valence-electron chi connectivity index (χ4n) is 3.36. The van der Waals surface area contributed by atoms with Crippen LogP contribution in [0.2, 0.25) is 0 Å². The lowest BCUT2D eigenvalue weighted by molar-refractivity contribution is -0.133. The van der Waals surface area contributed by atoms with Crippen molar-refractivity contribution < 1.29 is 9.59 Å². The van der Waals surface area contributed by atoms with E-state index in [0.717, 1.165) is 30.5 Å². The van der Waals surface area contributed by atoms with Gasteiger partial charge in [-0.15, -0.1) is 0 Å². The van der Waals surface area contributed by atoms with E-state index in [1.807, 2.05) is 31.2 Å². The highest BCUT2D eigenvalue weighted by atomic mass is 16.2. The number of Topliss-reactive ketones (excluding diaryl/α,β-unsaturated/α-hetero) is 1. The lowest BCUT2D eigenvalue weighted by atomic mass is 9.66. The number of rotatable bonds is 1. The van der Waals surface area contributed by atoms with Gasteiger partial charge in [-0.2, -0.15) is 0 Å². The number of benzene rings is 1. The molecule has 1 fully saturated rings. The zero-order valence-corrected chi connectivity index (χ0v) is 10.5. The van der Waals surface area contributed by atoms with Gasteiger partial charge in [0.05, 0.1) is 5.41 Å². The number of hydrogen-bond acceptors (Lipinski definition) is 2. The molecule has 0 radical (unpaired) electrons. The summed E-state index contributed by atoms with van der Waals surface area (Å²) in [5.41, 5.74) is 1.17. The summed E-state index contributed by atoms with van der Waals surface area (Å²) in [5.74, 6) is 0.0643. The fraction of sp³-hybridized carbons (Fsp3) is 0.467. The summed E-state index contributed by atoms with van der Waals surface area (Å²) in [5, 5.41) is 2.91. The lowest BCUT2D eigenvalue weighted by Gasteiger charge is -2.34. The molecule has 1 amide bonds. The maximum atomic E-state index is 12.3. The van der Waals surface area contributed by atoms with Gasteiger partial charge in [0.2, 0.25) is 5.91 Å². The number of fused-ring (bicyclic) bond motifs is 1. The highest BCUT2D eigenvalue weighted by Crippen LogP contribution is 2.46. The first-order valence-corrected chi connectivity index (χ1v) is 6.57. The van der Waals surface area contributed by atoms with Gasteiger partial charge >= 0.3 is 0 Å². The summed E-state index contributed by atoms with van der Waals surface area (Å²) >= 11 is 0. The summed E-state index contributed by atoms with van der Waals surface area (Å²) in [6.07, 6.45) is 3.46. The Hall–Kier alpha value is -1.64. The van der Waals surface area contributed by atoms with E-state index >= 15 is 0 Å². The van der Waals surface area contributed by atoms with E-state index in [4.69, 9.17) is 0 Å². The highest BCUT2D eigenvalue weighted by molar-refractivity contribution is 6.09. The molecule has 0 bridgehead atoms. The molecule has 2 aliphatic rings. The van der Waals surface area contributed by atoms with Crippen molar-refractivity contribution in [1.82, 2.24) is 0 Å². The van der Waals surface area contributed by atoms with Crippen LogP contribution in [0.25, 0.3) is 0 Å². The van der Waals surface area contributed by atoms with E-state index in [1.54, 1.807) is 0 Å². The molecule has 3 rings (SSSR count). The van der Waals surface area contributed by atoms with E-state index in [2.05, 4.69) is 5.32 Å². The second-order valence-electron chi connectivity index (χ2n) is 5.47. The van der Waals surface area contributed by atoms with Crippen LogP contribution in [0.4, 0.5) is 5.69 Å². The van der Waals surface area contributed by atoms with Gasteiger partial charge in [-0.1, -0.05) is 24.6 Å². The molecule has 2 atom stereocenters. The summed E-state index contributed by atoms with van der Waals surface area (Å²) < 4.78 is 0. The zero-order chi connectivity index (χ0) is 12.8. The third kappa shape index (κ3) is 1.43. The van der Waals surface area contributed by atoms with Gasteiger partial charge in [0, 0.05) is 18.0 Å². The van der Waals surface area contributed by atoms with Gasteiger partial charge in [0.25, 0.3) is 0 Å². The maximum Gasteiger partial charge on any atom is 0.235 e. The van der Waals surface area contributed by atoms with Gasteiger partial charge in [0.15, 0.2) is 0 Å². The lowest BCUT2D eigenvalue weighted by Crippen LogP contribution is -2.44. The average Bonchev–Trinajstić information content (AvgIpc) is 2.63. The van der Waals surface area contributed by atoms with Crippen LogP contribution in [-0.4, -0.2) is 11.7 Å². The van der Waals surface area contributed by atoms with Crippen LogP contribution >= 0.6 is 0 Å². The SMILES string of the molecule is CC1([C@H]2CCCCC2=O)C(=O)Nc2ccccc21. The highest BCUT2D eigenvalue weighted by Gasteiger charge is 2.51. The average molecular weight is 243 g/mol. The molecular formula is C15H17NO2. The van der Waals surface area contributed by atoms with Gasteiger partial charge in [0.1, 0.15) is 5.78 Å². The smallest absolute Gasteiger partial charge is 0.235 e. The molecule has 1 heterocycles. The number of carbonyl (C=O) groups excluding carboxylic acids is 2. The summed E-state index contributed by atoms with van der Waals surface area (Å²) in [4.78, 5) is 24.5. The molecule has 1 aliphatic carbocycles. The minimum Gasteiger partial charge on any atom is -0.325 e. The van der Waals surface area contributed by atoms with Gasteiger partial charge < -0.3 is 5.32 Å². The van der Waals surface area contributed by atoms with E-state index in [9.17, 15) is 9.59 Å². The molecule has 0 spiro atoms. The Kier molecular flexibility index (Phi) is 2.51. The predicted octanol–water partition coefficient (Wildman–Crippen LogP) is 2.66. The third-order valence-electron chi connectivity index (χ3n) is 4.46. The van der Waals surface area contributed by atoms with Crippen molar-refractivity contribution in [3.8, 4) is 0 Å². The summed E-state index contributed by atoms with van der Waals surface area (Å²) in [7, 11) is 0. The number of carbonyl (C=O) groups is 2. The molecular weight excluding hydrogens is 226 g/mol. The number of amides is 1. The number of anilines is 1. The third-order valence-corrected chi connectivity index (χ3v) is 4.46.